The van der Waals surface area contributed by atoms with Gasteiger partial charge >= 0.3 is 0 Å². The lowest BCUT2D eigenvalue weighted by Crippen LogP contribution is -2.40. The number of imide groups is 1. The molecule has 0 unspecified atom stereocenters. The molecule has 0 saturated heterocycles. The fourth-order valence-corrected chi connectivity index (χ4v) is 2.16. The van der Waals surface area contributed by atoms with Gasteiger partial charge in [0.1, 0.15) is 0 Å². The molecule has 0 aromatic heterocycles. The number of thioether (sulfide) groups is 1. The molecule has 96 valence electrons. The monoisotopic (exact) mass is 264 g/mol. The van der Waals surface area contributed by atoms with Gasteiger partial charge < -0.3 is 5.73 Å². The van der Waals surface area contributed by atoms with Crippen LogP contribution in [0.25, 0.3) is 0 Å². The van der Waals surface area contributed by atoms with E-state index in [4.69, 9.17) is 5.73 Å². The topological polar surface area (TPSA) is 63.4 Å². The summed E-state index contributed by atoms with van der Waals surface area (Å²) >= 11 is 1.63. The van der Waals surface area contributed by atoms with E-state index in [-0.39, 0.29) is 16.6 Å². The Kier molecular flexibility index (Phi) is 3.11. The number of anilines is 1. The van der Waals surface area contributed by atoms with Gasteiger partial charge in [-0.25, -0.2) is 0 Å². The van der Waals surface area contributed by atoms with Crippen LogP contribution in [0.4, 0.5) is 5.69 Å². The molecule has 1 aromatic rings. The average molecular weight is 264 g/mol. The van der Waals surface area contributed by atoms with Gasteiger partial charge in [-0.15, -0.1) is 0 Å². The highest BCUT2D eigenvalue weighted by Gasteiger charge is 2.38. The van der Waals surface area contributed by atoms with Crippen molar-refractivity contribution in [3.05, 3.63) is 29.3 Å². The number of hydrogen-bond donors (Lipinski definition) is 1. The maximum Gasteiger partial charge on any atom is 0.261 e. The van der Waals surface area contributed by atoms with Crippen molar-refractivity contribution in [2.24, 2.45) is 0 Å². The Morgan fingerprint density at radius 1 is 1.22 bits per heavy atom. The van der Waals surface area contributed by atoms with Gasteiger partial charge in [0.25, 0.3) is 11.8 Å². The zero-order valence-corrected chi connectivity index (χ0v) is 11.5. The molecule has 0 fully saturated rings. The summed E-state index contributed by atoms with van der Waals surface area (Å²) in [6.07, 6.45) is 1.97. The summed E-state index contributed by atoms with van der Waals surface area (Å²) in [6.45, 7) is 4.42. The summed E-state index contributed by atoms with van der Waals surface area (Å²) < 4.78 is -0.154. The number of carbonyl (C=O) groups excluding carboxylic acids is 2. The summed E-state index contributed by atoms with van der Waals surface area (Å²) in [7, 11) is 0. The van der Waals surface area contributed by atoms with Gasteiger partial charge in [0.15, 0.2) is 0 Å². The maximum atomic E-state index is 12.2. The molecule has 0 bridgehead atoms. The van der Waals surface area contributed by atoms with E-state index in [0.717, 1.165) is 0 Å². The second kappa shape index (κ2) is 4.31. The molecular formula is C13H16N2O2S. The molecule has 18 heavy (non-hydrogen) atoms. The molecular weight excluding hydrogens is 248 g/mol. The Balaban J connectivity index is 2.34. The van der Waals surface area contributed by atoms with Crippen LogP contribution >= 0.6 is 11.8 Å². The first-order valence-electron chi connectivity index (χ1n) is 5.66. The van der Waals surface area contributed by atoms with Gasteiger partial charge in [0, 0.05) is 17.0 Å². The van der Waals surface area contributed by atoms with Crippen molar-refractivity contribution in [2.45, 2.75) is 18.6 Å². The molecule has 0 radical (unpaired) electrons. The lowest BCUT2D eigenvalue weighted by molar-refractivity contribution is 0.0643. The average Bonchev–Trinajstić information content (AvgIpc) is 2.54. The molecule has 2 rings (SSSR count). The molecule has 4 nitrogen and oxygen atoms in total. The predicted octanol–water partition coefficient (Wildman–Crippen LogP) is 2.01. The van der Waals surface area contributed by atoms with Gasteiger partial charge in [0.05, 0.1) is 11.1 Å². The zero-order chi connectivity index (χ0) is 13.5. The SMILES string of the molecule is CSC(C)(C)CN1C(=O)c2ccc(N)cc2C1=O. The highest BCUT2D eigenvalue weighted by molar-refractivity contribution is 7.99. The van der Waals surface area contributed by atoms with Crippen molar-refractivity contribution in [2.75, 3.05) is 18.5 Å². The number of fused-ring (bicyclic) bond motifs is 1. The van der Waals surface area contributed by atoms with Gasteiger partial charge in [-0.2, -0.15) is 11.8 Å². The fraction of sp³-hybridized carbons (Fsp3) is 0.385. The van der Waals surface area contributed by atoms with Gasteiger partial charge in [-0.1, -0.05) is 0 Å². The van der Waals surface area contributed by atoms with Crippen LogP contribution in [0.2, 0.25) is 0 Å². The molecule has 0 spiro atoms. The number of carbonyl (C=O) groups is 2. The van der Waals surface area contributed by atoms with E-state index < -0.39 is 0 Å². The quantitative estimate of drug-likeness (QED) is 0.670. The summed E-state index contributed by atoms with van der Waals surface area (Å²) in [4.78, 5) is 25.7. The Hall–Kier alpha value is -1.49. The highest BCUT2D eigenvalue weighted by atomic mass is 32.2. The number of benzene rings is 1. The summed E-state index contributed by atoms with van der Waals surface area (Å²) in [5.74, 6) is -0.471. The lowest BCUT2D eigenvalue weighted by Gasteiger charge is -2.27. The first kappa shape index (κ1) is 13.0. The van der Waals surface area contributed by atoms with E-state index in [1.165, 1.54) is 4.90 Å². The van der Waals surface area contributed by atoms with E-state index >= 15 is 0 Å². The van der Waals surface area contributed by atoms with Crippen LogP contribution < -0.4 is 5.73 Å². The molecule has 1 aromatic carbocycles. The standard InChI is InChI=1S/C13H16N2O2S/c1-13(2,18-3)7-15-11(16)9-5-4-8(14)6-10(9)12(15)17/h4-6H,7,14H2,1-3H3. The summed E-state index contributed by atoms with van der Waals surface area (Å²) in [6, 6.07) is 4.84. The second-order valence-corrected chi connectivity index (χ2v) is 6.48. The Bertz CT molecular complexity index is 526. The normalized spacial score (nSPS) is 15.2. The number of hydrogen-bond acceptors (Lipinski definition) is 4. The van der Waals surface area contributed by atoms with Crippen molar-refractivity contribution in [3.8, 4) is 0 Å². The first-order chi connectivity index (χ1) is 8.35. The molecule has 0 saturated carbocycles. The molecule has 5 heteroatoms. The van der Waals surface area contributed by atoms with Gasteiger partial charge in [-0.3, -0.25) is 14.5 Å². The van der Waals surface area contributed by atoms with Crippen LogP contribution in [-0.2, 0) is 0 Å². The van der Waals surface area contributed by atoms with Crippen molar-refractivity contribution < 1.29 is 9.59 Å². The van der Waals surface area contributed by atoms with Crippen LogP contribution in [0.3, 0.4) is 0 Å². The van der Waals surface area contributed by atoms with Crippen LogP contribution in [0, 0.1) is 0 Å². The third-order valence-electron chi connectivity index (χ3n) is 3.09. The van der Waals surface area contributed by atoms with E-state index in [1.54, 1.807) is 30.0 Å². The third kappa shape index (κ3) is 2.10. The van der Waals surface area contributed by atoms with Crippen molar-refractivity contribution in [1.29, 1.82) is 0 Å². The number of nitrogens with zero attached hydrogens (tertiary/aromatic N) is 1. The largest absolute Gasteiger partial charge is 0.399 e. The van der Waals surface area contributed by atoms with Crippen LogP contribution in [0.1, 0.15) is 34.6 Å². The minimum absolute atomic E-state index is 0.154. The van der Waals surface area contributed by atoms with E-state index in [1.807, 2.05) is 20.1 Å². The lowest BCUT2D eigenvalue weighted by atomic mass is 10.1. The first-order valence-corrected chi connectivity index (χ1v) is 6.89. The second-order valence-electron chi connectivity index (χ2n) is 4.97. The molecule has 2 N–H and O–H groups in total. The number of nitrogens with two attached hydrogens (primary N) is 1. The van der Waals surface area contributed by atoms with E-state index in [9.17, 15) is 9.59 Å². The summed E-state index contributed by atoms with van der Waals surface area (Å²) in [5.41, 5.74) is 7.02. The van der Waals surface area contributed by atoms with Crippen LogP contribution in [0.15, 0.2) is 18.2 Å². The number of rotatable bonds is 3. The van der Waals surface area contributed by atoms with E-state index in [2.05, 4.69) is 0 Å². The molecule has 1 aliphatic heterocycles. The van der Waals surface area contributed by atoms with Crippen molar-refractivity contribution in [1.82, 2.24) is 4.90 Å². The molecule has 0 aliphatic carbocycles. The number of nitrogen functional groups attached to an aromatic ring is 1. The van der Waals surface area contributed by atoms with E-state index in [0.29, 0.717) is 23.4 Å². The Morgan fingerprint density at radius 3 is 2.44 bits per heavy atom. The Morgan fingerprint density at radius 2 is 1.83 bits per heavy atom. The van der Waals surface area contributed by atoms with Crippen LogP contribution in [0.5, 0.6) is 0 Å². The molecule has 1 heterocycles. The Labute approximate surface area is 111 Å². The van der Waals surface area contributed by atoms with Gasteiger partial charge in [-0.05, 0) is 38.3 Å². The van der Waals surface area contributed by atoms with Crippen molar-refractivity contribution >= 4 is 29.3 Å². The predicted molar refractivity (Wildman–Crippen MR) is 73.8 cm³/mol. The third-order valence-corrected chi connectivity index (χ3v) is 4.32. The minimum Gasteiger partial charge on any atom is -0.399 e. The van der Waals surface area contributed by atoms with Gasteiger partial charge in [0.2, 0.25) is 0 Å². The fourth-order valence-electron chi connectivity index (χ4n) is 1.90. The molecule has 1 aliphatic rings. The zero-order valence-electron chi connectivity index (χ0n) is 10.7. The number of amides is 2. The van der Waals surface area contributed by atoms with Crippen molar-refractivity contribution in [3.63, 3.8) is 0 Å². The summed E-state index contributed by atoms with van der Waals surface area (Å²) in [5, 5.41) is 0. The van der Waals surface area contributed by atoms with Crippen LogP contribution in [-0.4, -0.2) is 34.3 Å². The smallest absolute Gasteiger partial charge is 0.261 e. The molecule has 2 amide bonds. The minimum atomic E-state index is -0.246. The maximum absolute atomic E-state index is 12.2. The molecule has 0 atom stereocenters. The highest BCUT2D eigenvalue weighted by Crippen LogP contribution is 2.29.